The zero-order valence-corrected chi connectivity index (χ0v) is 25.9. The number of amides is 1. The topological polar surface area (TPSA) is 117 Å². The van der Waals surface area contributed by atoms with Crippen molar-refractivity contribution in [2.45, 2.75) is 33.3 Å². The van der Waals surface area contributed by atoms with E-state index < -0.39 is 0 Å². The van der Waals surface area contributed by atoms with Crippen LogP contribution in [0.1, 0.15) is 36.6 Å². The van der Waals surface area contributed by atoms with Crippen molar-refractivity contribution in [2.24, 2.45) is 0 Å². The van der Waals surface area contributed by atoms with Gasteiger partial charge in [-0.05, 0) is 76.8 Å². The van der Waals surface area contributed by atoms with Crippen LogP contribution in [0.4, 0.5) is 17.1 Å². The molecule has 2 N–H and O–H groups in total. The Bertz CT molecular complexity index is 1860. The first-order valence-corrected chi connectivity index (χ1v) is 14.7. The maximum atomic E-state index is 12.8. The highest BCUT2D eigenvalue weighted by Crippen LogP contribution is 2.37. The summed E-state index contributed by atoms with van der Waals surface area (Å²) in [6, 6.07) is 15.1. The molecular formula is C33H34ClN7O3. The highest BCUT2D eigenvalue weighted by Gasteiger charge is 2.16. The number of benzene rings is 2. The molecule has 10 nitrogen and oxygen atoms in total. The average Bonchev–Trinajstić information content (AvgIpc) is 3.42. The molecule has 0 spiro atoms. The van der Waals surface area contributed by atoms with Gasteiger partial charge in [0.1, 0.15) is 29.8 Å². The van der Waals surface area contributed by atoms with Gasteiger partial charge in [-0.3, -0.25) is 9.78 Å². The van der Waals surface area contributed by atoms with Gasteiger partial charge in [0.25, 0.3) is 0 Å². The van der Waals surface area contributed by atoms with Crippen molar-refractivity contribution in [3.63, 3.8) is 0 Å². The lowest BCUT2D eigenvalue weighted by molar-refractivity contribution is -0.116. The molecule has 0 aliphatic heterocycles. The second kappa shape index (κ2) is 13.6. The molecule has 0 radical (unpaired) electrons. The van der Waals surface area contributed by atoms with E-state index >= 15 is 0 Å². The summed E-state index contributed by atoms with van der Waals surface area (Å²) in [7, 11) is 3.94. The van der Waals surface area contributed by atoms with Crippen LogP contribution in [-0.4, -0.2) is 52.4 Å². The van der Waals surface area contributed by atoms with Crippen molar-refractivity contribution < 1.29 is 14.3 Å². The summed E-state index contributed by atoms with van der Waals surface area (Å²) < 4.78 is 13.8. The molecule has 5 aromatic rings. The zero-order chi connectivity index (χ0) is 31.2. The van der Waals surface area contributed by atoms with Gasteiger partial charge in [-0.1, -0.05) is 17.7 Å². The summed E-state index contributed by atoms with van der Waals surface area (Å²) in [6.07, 6.45) is 6.48. The fourth-order valence-corrected chi connectivity index (χ4v) is 5.08. The SMILES string of the molecule is CCOc1cc2ncc(C#N)c(Nc3ccc(OCc4cn5cccc(C)c5n4)c(Cl)c3)c2cc1NC(=O)CCCN(C)C. The number of nitrogens with zero attached hydrogens (tertiary/aromatic N) is 5. The number of imidazole rings is 1. The van der Waals surface area contributed by atoms with E-state index in [9.17, 15) is 10.1 Å². The molecular weight excluding hydrogens is 578 g/mol. The van der Waals surface area contributed by atoms with Crippen LogP contribution in [-0.2, 0) is 11.4 Å². The maximum absolute atomic E-state index is 12.8. The third-order valence-corrected chi connectivity index (χ3v) is 7.27. The van der Waals surface area contributed by atoms with Crippen LogP contribution in [0.5, 0.6) is 11.5 Å². The fourth-order valence-electron chi connectivity index (χ4n) is 4.85. The smallest absolute Gasteiger partial charge is 0.224 e. The molecule has 0 saturated heterocycles. The van der Waals surface area contributed by atoms with Crippen molar-refractivity contribution in [3.8, 4) is 17.6 Å². The minimum absolute atomic E-state index is 0.118. The molecule has 2 aromatic carbocycles. The Kier molecular flexibility index (Phi) is 9.48. The van der Waals surface area contributed by atoms with Crippen molar-refractivity contribution in [3.05, 3.63) is 82.9 Å². The molecule has 3 heterocycles. The lowest BCUT2D eigenvalue weighted by Gasteiger charge is -2.17. The number of ether oxygens (including phenoxy) is 2. The van der Waals surface area contributed by atoms with Gasteiger partial charge in [0.15, 0.2) is 0 Å². The maximum Gasteiger partial charge on any atom is 0.224 e. The van der Waals surface area contributed by atoms with Crippen LogP contribution < -0.4 is 20.1 Å². The fraction of sp³-hybridized carbons (Fsp3) is 0.273. The van der Waals surface area contributed by atoms with Gasteiger partial charge in [0.2, 0.25) is 5.91 Å². The summed E-state index contributed by atoms with van der Waals surface area (Å²) in [5, 5.41) is 17.3. The number of nitrogens with one attached hydrogen (secondary N) is 2. The number of anilines is 3. The number of carbonyl (C=O) groups is 1. The molecule has 1 amide bonds. The normalized spacial score (nSPS) is 11.1. The molecule has 3 aromatic heterocycles. The molecule has 5 rings (SSSR count). The Balaban J connectivity index is 1.39. The summed E-state index contributed by atoms with van der Waals surface area (Å²) in [6.45, 7) is 5.37. The zero-order valence-electron chi connectivity index (χ0n) is 25.1. The monoisotopic (exact) mass is 611 g/mol. The van der Waals surface area contributed by atoms with Gasteiger partial charge < -0.3 is 29.4 Å². The number of carbonyl (C=O) groups excluding carboxylic acids is 1. The quantitative estimate of drug-likeness (QED) is 0.160. The first-order valence-electron chi connectivity index (χ1n) is 14.3. The van der Waals surface area contributed by atoms with E-state index in [1.165, 1.54) is 6.20 Å². The largest absolute Gasteiger partial charge is 0.492 e. The lowest BCUT2D eigenvalue weighted by atomic mass is 10.1. The van der Waals surface area contributed by atoms with E-state index in [1.54, 1.807) is 24.3 Å². The van der Waals surface area contributed by atoms with E-state index in [4.69, 9.17) is 21.1 Å². The van der Waals surface area contributed by atoms with E-state index in [-0.39, 0.29) is 12.5 Å². The predicted molar refractivity (Wildman–Crippen MR) is 173 cm³/mol. The predicted octanol–water partition coefficient (Wildman–Crippen LogP) is 6.72. The summed E-state index contributed by atoms with van der Waals surface area (Å²) in [5.74, 6) is 0.897. The Morgan fingerprint density at radius 3 is 2.73 bits per heavy atom. The second-order valence-electron chi connectivity index (χ2n) is 10.6. The van der Waals surface area contributed by atoms with E-state index in [0.717, 1.165) is 29.9 Å². The van der Waals surface area contributed by atoms with E-state index in [2.05, 4.69) is 26.7 Å². The minimum atomic E-state index is -0.118. The van der Waals surface area contributed by atoms with Crippen molar-refractivity contribution >= 4 is 51.1 Å². The molecule has 0 aliphatic rings. The Morgan fingerprint density at radius 1 is 1.16 bits per heavy atom. The number of aryl methyl sites for hydroxylation is 1. The highest BCUT2D eigenvalue weighted by molar-refractivity contribution is 6.32. The molecule has 226 valence electrons. The summed E-state index contributed by atoms with van der Waals surface area (Å²) >= 11 is 6.62. The Hall–Kier alpha value is -4.85. The first kappa shape index (κ1) is 30.6. The number of aromatic nitrogens is 3. The second-order valence-corrected chi connectivity index (χ2v) is 11.0. The molecule has 0 unspecified atom stereocenters. The van der Waals surface area contributed by atoms with Crippen molar-refractivity contribution in [1.82, 2.24) is 19.3 Å². The number of rotatable bonds is 12. The minimum Gasteiger partial charge on any atom is -0.492 e. The van der Waals surface area contributed by atoms with Gasteiger partial charge in [-0.2, -0.15) is 5.26 Å². The number of hydrogen-bond donors (Lipinski definition) is 2. The summed E-state index contributed by atoms with van der Waals surface area (Å²) in [4.78, 5) is 23.9. The third-order valence-electron chi connectivity index (χ3n) is 6.98. The average molecular weight is 612 g/mol. The molecule has 0 saturated carbocycles. The molecule has 44 heavy (non-hydrogen) atoms. The van der Waals surface area contributed by atoms with E-state index in [1.807, 2.05) is 67.8 Å². The highest BCUT2D eigenvalue weighted by atomic mass is 35.5. The molecule has 0 atom stereocenters. The van der Waals surface area contributed by atoms with Gasteiger partial charge in [0.05, 0.1) is 39.8 Å². The van der Waals surface area contributed by atoms with Gasteiger partial charge >= 0.3 is 0 Å². The number of hydrogen-bond acceptors (Lipinski definition) is 8. The molecule has 11 heteroatoms. The van der Waals surface area contributed by atoms with Crippen LogP contribution in [0.15, 0.2) is 61.1 Å². The van der Waals surface area contributed by atoms with Crippen LogP contribution in [0.25, 0.3) is 16.6 Å². The first-order chi connectivity index (χ1) is 21.2. The Labute approximate surface area is 261 Å². The standard InChI is InChI=1S/C33H34ClN7O3/c1-5-43-30-16-27-25(15-28(30)39-31(42)9-7-12-40(3)4)32(22(17-35)18-36-27)37-23-10-11-29(26(34)14-23)44-20-24-19-41-13-6-8-21(2)33(41)38-24/h6,8,10-11,13-16,18-19H,5,7,9,12,20H2,1-4H3,(H,36,37)(H,39,42). The number of nitriles is 1. The number of fused-ring (bicyclic) bond motifs is 2. The van der Waals surface area contributed by atoms with Crippen LogP contribution in [0.2, 0.25) is 5.02 Å². The number of halogens is 1. The van der Waals surface area contributed by atoms with E-state index in [0.29, 0.717) is 63.1 Å². The number of pyridine rings is 2. The van der Waals surface area contributed by atoms with Crippen LogP contribution in [0.3, 0.4) is 0 Å². The van der Waals surface area contributed by atoms with Gasteiger partial charge in [-0.15, -0.1) is 0 Å². The molecule has 0 bridgehead atoms. The van der Waals surface area contributed by atoms with Crippen molar-refractivity contribution in [2.75, 3.05) is 37.9 Å². The molecule has 0 fully saturated rings. The van der Waals surface area contributed by atoms with Gasteiger partial charge in [-0.25, -0.2) is 4.98 Å². The Morgan fingerprint density at radius 2 is 2.00 bits per heavy atom. The van der Waals surface area contributed by atoms with Crippen LogP contribution >= 0.6 is 11.6 Å². The summed E-state index contributed by atoms with van der Waals surface area (Å²) in [5.41, 5.74) is 5.39. The van der Waals surface area contributed by atoms with Crippen LogP contribution in [0, 0.1) is 18.3 Å². The van der Waals surface area contributed by atoms with Crippen molar-refractivity contribution in [1.29, 1.82) is 5.26 Å². The lowest BCUT2D eigenvalue weighted by Crippen LogP contribution is -2.17. The molecule has 0 aliphatic carbocycles. The third kappa shape index (κ3) is 7.02. The van der Waals surface area contributed by atoms with Gasteiger partial charge in [0, 0.05) is 42.2 Å².